The predicted octanol–water partition coefficient (Wildman–Crippen LogP) is 1.33. The van der Waals surface area contributed by atoms with Gasteiger partial charge in [-0.2, -0.15) is 5.11 Å². The van der Waals surface area contributed by atoms with Crippen LogP contribution >= 0.6 is 12.2 Å². The highest BCUT2D eigenvalue weighted by atomic mass is 32.1. The van der Waals surface area contributed by atoms with Crippen molar-refractivity contribution in [2.45, 2.75) is 38.1 Å². The molecule has 3 N–H and O–H groups in total. The van der Waals surface area contributed by atoms with Crippen molar-refractivity contribution < 1.29 is 14.7 Å². The van der Waals surface area contributed by atoms with Gasteiger partial charge in [0.25, 0.3) is 5.91 Å². The SMILES string of the molecule is NCCCC[C@H](N=NC(=O)CCC=S)C(=O)O. The molecule has 0 heterocycles. The molecule has 0 fully saturated rings. The van der Waals surface area contributed by atoms with Gasteiger partial charge in [-0.05, 0) is 37.6 Å². The van der Waals surface area contributed by atoms with Crippen molar-refractivity contribution in [3.63, 3.8) is 0 Å². The summed E-state index contributed by atoms with van der Waals surface area (Å²) in [4.78, 5) is 21.9. The molecular weight excluding hydrogens is 242 g/mol. The average Bonchev–Trinajstić information content (AvgIpc) is 2.30. The van der Waals surface area contributed by atoms with Crippen LogP contribution in [-0.4, -0.2) is 34.9 Å². The van der Waals surface area contributed by atoms with Crippen molar-refractivity contribution in [3.8, 4) is 0 Å². The van der Waals surface area contributed by atoms with Crippen molar-refractivity contribution in [2.24, 2.45) is 16.0 Å². The maximum Gasteiger partial charge on any atom is 0.330 e. The average molecular weight is 259 g/mol. The molecule has 0 aliphatic carbocycles. The van der Waals surface area contributed by atoms with E-state index in [0.717, 1.165) is 6.42 Å². The number of nitrogens with two attached hydrogens (primary N) is 1. The lowest BCUT2D eigenvalue weighted by Crippen LogP contribution is -2.18. The third kappa shape index (κ3) is 8.58. The Balaban J connectivity index is 4.13. The number of carbonyl (C=O) groups excluding carboxylic acids is 1. The highest BCUT2D eigenvalue weighted by Crippen LogP contribution is 2.06. The van der Waals surface area contributed by atoms with Gasteiger partial charge < -0.3 is 10.8 Å². The van der Waals surface area contributed by atoms with E-state index in [2.05, 4.69) is 22.4 Å². The first-order valence-corrected chi connectivity index (χ1v) is 5.89. The highest BCUT2D eigenvalue weighted by Gasteiger charge is 2.16. The van der Waals surface area contributed by atoms with E-state index in [1.165, 1.54) is 5.37 Å². The van der Waals surface area contributed by atoms with Crippen molar-refractivity contribution in [1.29, 1.82) is 0 Å². The molecule has 0 rings (SSSR count). The maximum absolute atomic E-state index is 11.1. The number of hydrogen-bond acceptors (Lipinski definition) is 5. The number of thiocarbonyl (C=S) groups is 1. The van der Waals surface area contributed by atoms with Gasteiger partial charge in [0.15, 0.2) is 6.04 Å². The molecule has 0 saturated heterocycles. The second-order valence-corrected chi connectivity index (χ2v) is 3.79. The summed E-state index contributed by atoms with van der Waals surface area (Å²) >= 11 is 4.56. The van der Waals surface area contributed by atoms with Gasteiger partial charge in [-0.15, -0.1) is 5.11 Å². The van der Waals surface area contributed by atoms with Crippen molar-refractivity contribution >= 4 is 29.5 Å². The number of carboxylic acid groups (broad SMARTS) is 1. The molecule has 0 saturated carbocycles. The van der Waals surface area contributed by atoms with Crippen molar-refractivity contribution in [3.05, 3.63) is 0 Å². The molecule has 7 heteroatoms. The van der Waals surface area contributed by atoms with Crippen LogP contribution in [0.5, 0.6) is 0 Å². The maximum atomic E-state index is 11.1. The summed E-state index contributed by atoms with van der Waals surface area (Å²) in [5, 5.41) is 17.2. The zero-order chi connectivity index (χ0) is 13.1. The standard InChI is InChI=1S/C10H17N3O3S/c11-6-2-1-4-8(10(15)16)12-13-9(14)5-3-7-17/h7-8H,1-6,11H2,(H,15,16)/t8-/m0/s1. The fourth-order valence-corrected chi connectivity index (χ4v) is 1.20. The van der Waals surface area contributed by atoms with E-state index in [1.807, 2.05) is 0 Å². The van der Waals surface area contributed by atoms with Crippen LogP contribution in [0.1, 0.15) is 32.1 Å². The van der Waals surface area contributed by atoms with Crippen LogP contribution < -0.4 is 5.73 Å². The van der Waals surface area contributed by atoms with Gasteiger partial charge in [-0.25, -0.2) is 4.79 Å². The number of hydrogen-bond donors (Lipinski definition) is 2. The first-order chi connectivity index (χ1) is 8.11. The molecular formula is C10H17N3O3S. The van der Waals surface area contributed by atoms with Crippen LogP contribution in [0.4, 0.5) is 0 Å². The Labute approximate surface area is 105 Å². The smallest absolute Gasteiger partial charge is 0.330 e. The summed E-state index contributed by atoms with van der Waals surface area (Å²) in [6.07, 6.45) is 2.34. The molecule has 0 aromatic carbocycles. The number of unbranched alkanes of at least 4 members (excludes halogenated alkanes) is 1. The number of amides is 1. The summed E-state index contributed by atoms with van der Waals surface area (Å²) in [5.74, 6) is -1.52. The third-order valence-electron chi connectivity index (χ3n) is 2.00. The number of rotatable bonds is 9. The number of carboxylic acids is 1. The number of aliphatic carboxylic acids is 1. The lowest BCUT2D eigenvalue weighted by molar-refractivity contribution is -0.138. The lowest BCUT2D eigenvalue weighted by Gasteiger charge is -2.04. The number of carbonyl (C=O) groups is 2. The van der Waals surface area contributed by atoms with Gasteiger partial charge in [0, 0.05) is 6.42 Å². The Morgan fingerprint density at radius 2 is 2.12 bits per heavy atom. The zero-order valence-electron chi connectivity index (χ0n) is 9.54. The fraction of sp³-hybridized carbons (Fsp3) is 0.700. The molecule has 96 valence electrons. The van der Waals surface area contributed by atoms with Crippen molar-refractivity contribution in [2.75, 3.05) is 6.54 Å². The molecule has 0 spiro atoms. The van der Waals surface area contributed by atoms with E-state index >= 15 is 0 Å². The summed E-state index contributed by atoms with van der Waals surface area (Å²) in [5.41, 5.74) is 5.30. The van der Waals surface area contributed by atoms with Crippen LogP contribution in [0, 0.1) is 0 Å². The second kappa shape index (κ2) is 9.98. The normalized spacial score (nSPS) is 12.5. The quantitative estimate of drug-likeness (QED) is 0.369. The number of nitrogens with zero attached hydrogens (tertiary/aromatic N) is 2. The molecule has 6 nitrogen and oxygen atoms in total. The minimum Gasteiger partial charge on any atom is -0.480 e. The molecule has 0 aliphatic heterocycles. The first-order valence-electron chi connectivity index (χ1n) is 5.42. The summed E-state index contributed by atoms with van der Waals surface area (Å²) in [6.45, 7) is 0.511. The van der Waals surface area contributed by atoms with Crippen LogP contribution in [0.3, 0.4) is 0 Å². The first kappa shape index (κ1) is 15.8. The molecule has 0 bridgehead atoms. The molecule has 0 aromatic rings. The summed E-state index contributed by atoms with van der Waals surface area (Å²) in [6, 6.07) is -0.960. The van der Waals surface area contributed by atoms with Crippen LogP contribution in [0.15, 0.2) is 10.2 Å². The Kier molecular flexibility index (Phi) is 9.27. The largest absolute Gasteiger partial charge is 0.480 e. The van der Waals surface area contributed by atoms with Gasteiger partial charge in [0.05, 0.1) is 0 Å². The number of azo groups is 1. The monoisotopic (exact) mass is 259 g/mol. The van der Waals surface area contributed by atoms with E-state index in [9.17, 15) is 9.59 Å². The zero-order valence-corrected chi connectivity index (χ0v) is 10.4. The van der Waals surface area contributed by atoms with E-state index < -0.39 is 17.9 Å². The van der Waals surface area contributed by atoms with E-state index in [4.69, 9.17) is 10.8 Å². The van der Waals surface area contributed by atoms with Gasteiger partial charge in [-0.1, -0.05) is 12.2 Å². The molecule has 0 radical (unpaired) electrons. The van der Waals surface area contributed by atoms with Crippen LogP contribution in [0.2, 0.25) is 0 Å². The van der Waals surface area contributed by atoms with E-state index in [0.29, 0.717) is 25.8 Å². The molecule has 17 heavy (non-hydrogen) atoms. The third-order valence-corrected chi connectivity index (χ3v) is 2.24. The molecule has 0 aromatic heterocycles. The van der Waals surface area contributed by atoms with Gasteiger partial charge in [0.1, 0.15) is 0 Å². The minimum atomic E-state index is -1.08. The van der Waals surface area contributed by atoms with Crippen LogP contribution in [-0.2, 0) is 9.59 Å². The molecule has 0 unspecified atom stereocenters. The van der Waals surface area contributed by atoms with Gasteiger partial charge in [0.2, 0.25) is 0 Å². The van der Waals surface area contributed by atoms with E-state index in [-0.39, 0.29) is 6.42 Å². The predicted molar refractivity (Wildman–Crippen MR) is 67.1 cm³/mol. The van der Waals surface area contributed by atoms with Crippen molar-refractivity contribution in [1.82, 2.24) is 0 Å². The fourth-order valence-electron chi connectivity index (χ4n) is 1.08. The second-order valence-electron chi connectivity index (χ2n) is 3.45. The Morgan fingerprint density at radius 1 is 1.41 bits per heavy atom. The Morgan fingerprint density at radius 3 is 2.65 bits per heavy atom. The Hall–Kier alpha value is -1.21. The molecule has 1 atom stereocenters. The van der Waals surface area contributed by atoms with Gasteiger partial charge >= 0.3 is 5.97 Å². The summed E-state index contributed by atoms with van der Waals surface area (Å²) < 4.78 is 0. The topological polar surface area (TPSA) is 105 Å². The van der Waals surface area contributed by atoms with Crippen LogP contribution in [0.25, 0.3) is 0 Å². The van der Waals surface area contributed by atoms with Gasteiger partial charge in [-0.3, -0.25) is 4.79 Å². The molecule has 0 aliphatic rings. The molecule has 1 amide bonds. The lowest BCUT2D eigenvalue weighted by atomic mass is 10.1. The Bertz CT molecular complexity index is 295. The minimum absolute atomic E-state index is 0.169. The summed E-state index contributed by atoms with van der Waals surface area (Å²) in [7, 11) is 0. The highest BCUT2D eigenvalue weighted by molar-refractivity contribution is 7.78. The van der Waals surface area contributed by atoms with E-state index in [1.54, 1.807) is 0 Å².